The van der Waals surface area contributed by atoms with Gasteiger partial charge in [-0.05, 0) is 53.8 Å². The molecule has 2 aromatic rings. The lowest BCUT2D eigenvalue weighted by Gasteiger charge is -2.30. The quantitative estimate of drug-likeness (QED) is 0.538. The number of carbonyl (C=O) groups is 3. The third-order valence-corrected chi connectivity index (χ3v) is 5.84. The van der Waals surface area contributed by atoms with E-state index in [1.54, 1.807) is 44.6 Å². The minimum atomic E-state index is -0.881. The zero-order valence-corrected chi connectivity index (χ0v) is 20.8. The fourth-order valence-electron chi connectivity index (χ4n) is 4.11. The first-order valence-corrected chi connectivity index (χ1v) is 11.5. The van der Waals surface area contributed by atoms with Crippen molar-refractivity contribution >= 4 is 23.4 Å². The van der Waals surface area contributed by atoms with E-state index >= 15 is 0 Å². The molecule has 0 radical (unpaired) electrons. The van der Waals surface area contributed by atoms with Crippen molar-refractivity contribution < 1.29 is 23.9 Å². The number of carbonyl (C=O) groups excluding carboxylic acids is 3. The molecule has 35 heavy (non-hydrogen) atoms. The summed E-state index contributed by atoms with van der Waals surface area (Å²) in [7, 11) is 3.12. The topological polar surface area (TPSA) is 99.9 Å². The van der Waals surface area contributed by atoms with Crippen LogP contribution in [0.25, 0.3) is 0 Å². The molecule has 0 aliphatic carbocycles. The first-order valence-electron chi connectivity index (χ1n) is 11.5. The van der Waals surface area contributed by atoms with Crippen LogP contribution in [0.5, 0.6) is 11.5 Å². The molecular weight excluding hydrogens is 446 g/mol. The van der Waals surface area contributed by atoms with Crippen LogP contribution in [-0.2, 0) is 20.8 Å². The van der Waals surface area contributed by atoms with Crippen molar-refractivity contribution in [1.29, 1.82) is 5.26 Å². The van der Waals surface area contributed by atoms with Gasteiger partial charge in [0.1, 0.15) is 6.04 Å². The van der Waals surface area contributed by atoms with Gasteiger partial charge in [-0.1, -0.05) is 26.8 Å². The second kappa shape index (κ2) is 10.6. The van der Waals surface area contributed by atoms with E-state index in [2.05, 4.69) is 0 Å². The Hall–Kier alpha value is -3.86. The molecule has 0 N–H and O–H groups in total. The molecule has 0 bridgehead atoms. The monoisotopic (exact) mass is 477 g/mol. The zero-order valence-electron chi connectivity index (χ0n) is 20.8. The van der Waals surface area contributed by atoms with Gasteiger partial charge in [-0.3, -0.25) is 14.4 Å². The van der Waals surface area contributed by atoms with Crippen LogP contribution in [0.15, 0.2) is 42.5 Å². The van der Waals surface area contributed by atoms with Gasteiger partial charge < -0.3 is 14.4 Å². The molecule has 1 unspecified atom stereocenters. The van der Waals surface area contributed by atoms with Crippen molar-refractivity contribution in [3.05, 3.63) is 53.6 Å². The van der Waals surface area contributed by atoms with E-state index in [9.17, 15) is 14.4 Å². The largest absolute Gasteiger partial charge is 0.493 e. The summed E-state index contributed by atoms with van der Waals surface area (Å²) in [4.78, 5) is 42.2. The van der Waals surface area contributed by atoms with Crippen LogP contribution in [0.4, 0.5) is 5.69 Å². The highest BCUT2D eigenvalue weighted by molar-refractivity contribution is 6.23. The first-order chi connectivity index (χ1) is 16.6. The number of rotatable bonds is 8. The summed E-state index contributed by atoms with van der Waals surface area (Å²) in [5, 5.41) is 9.03. The Morgan fingerprint density at radius 3 is 2.31 bits per heavy atom. The zero-order chi connectivity index (χ0) is 25.8. The summed E-state index contributed by atoms with van der Waals surface area (Å²) in [6.07, 6.45) is 0.638. The number of anilines is 1. The molecule has 1 saturated heterocycles. The molecular formula is C27H31N3O5. The van der Waals surface area contributed by atoms with Crippen molar-refractivity contribution in [2.45, 2.75) is 46.1 Å². The van der Waals surface area contributed by atoms with E-state index in [4.69, 9.17) is 14.7 Å². The van der Waals surface area contributed by atoms with Crippen molar-refractivity contribution in [3.8, 4) is 17.6 Å². The molecule has 0 saturated carbocycles. The molecule has 1 aliphatic rings. The molecule has 0 spiro atoms. The predicted molar refractivity (Wildman–Crippen MR) is 131 cm³/mol. The summed E-state index contributed by atoms with van der Waals surface area (Å²) < 4.78 is 10.7. The van der Waals surface area contributed by atoms with Gasteiger partial charge in [0.05, 0.1) is 38.0 Å². The van der Waals surface area contributed by atoms with Crippen molar-refractivity contribution in [1.82, 2.24) is 4.90 Å². The van der Waals surface area contributed by atoms with Crippen LogP contribution < -0.4 is 14.4 Å². The Morgan fingerprint density at radius 2 is 1.74 bits per heavy atom. The van der Waals surface area contributed by atoms with Gasteiger partial charge in [0.15, 0.2) is 11.5 Å². The Labute approximate surface area is 206 Å². The van der Waals surface area contributed by atoms with Crippen LogP contribution in [0.3, 0.4) is 0 Å². The lowest BCUT2D eigenvalue weighted by atomic mass is 9.91. The van der Waals surface area contributed by atoms with E-state index in [-0.39, 0.29) is 36.6 Å². The van der Waals surface area contributed by atoms with Crippen molar-refractivity contribution in [2.24, 2.45) is 5.41 Å². The minimum absolute atomic E-state index is 0.0827. The summed E-state index contributed by atoms with van der Waals surface area (Å²) in [6, 6.07) is 12.9. The van der Waals surface area contributed by atoms with Crippen LogP contribution >= 0.6 is 0 Å². The highest BCUT2D eigenvalue weighted by Gasteiger charge is 2.44. The molecule has 3 amide bonds. The van der Waals surface area contributed by atoms with E-state index < -0.39 is 11.9 Å². The SMILES string of the molecule is COc1ccc(CCN(C(=O)CC(C)(C)C)C2CC(=O)N(c3ccc(C#N)cc3)C2=O)cc1OC. The fraction of sp³-hybridized carbons (Fsp3) is 0.407. The first kappa shape index (κ1) is 25.8. The number of hydrogen-bond acceptors (Lipinski definition) is 6. The highest BCUT2D eigenvalue weighted by atomic mass is 16.5. The summed E-state index contributed by atoms with van der Waals surface area (Å²) in [5.41, 5.74) is 1.46. The van der Waals surface area contributed by atoms with E-state index in [1.807, 2.05) is 39.0 Å². The number of methoxy groups -OCH3 is 2. The maximum atomic E-state index is 13.4. The van der Waals surface area contributed by atoms with Crippen molar-refractivity contribution in [3.63, 3.8) is 0 Å². The van der Waals surface area contributed by atoms with E-state index in [0.29, 0.717) is 29.2 Å². The average Bonchev–Trinajstić information content (AvgIpc) is 3.11. The second-order valence-corrected chi connectivity index (χ2v) is 9.71. The summed E-state index contributed by atoms with van der Waals surface area (Å²) in [6.45, 7) is 6.15. The van der Waals surface area contributed by atoms with Crippen LogP contribution in [0, 0.1) is 16.7 Å². The molecule has 1 aliphatic heterocycles. The normalized spacial score (nSPS) is 15.7. The number of imide groups is 1. The molecule has 8 nitrogen and oxygen atoms in total. The third-order valence-electron chi connectivity index (χ3n) is 5.84. The van der Waals surface area contributed by atoms with Crippen molar-refractivity contribution in [2.75, 3.05) is 25.7 Å². The Bertz CT molecular complexity index is 1140. The van der Waals surface area contributed by atoms with Crippen LogP contribution in [0.1, 0.15) is 44.7 Å². The molecule has 184 valence electrons. The molecule has 1 atom stereocenters. The highest BCUT2D eigenvalue weighted by Crippen LogP contribution is 2.30. The minimum Gasteiger partial charge on any atom is -0.493 e. The fourth-order valence-corrected chi connectivity index (χ4v) is 4.11. The molecule has 3 rings (SSSR count). The Morgan fingerprint density at radius 1 is 1.09 bits per heavy atom. The molecule has 8 heteroatoms. The van der Waals surface area contributed by atoms with Gasteiger partial charge in [-0.15, -0.1) is 0 Å². The maximum absolute atomic E-state index is 13.4. The number of nitrogens with zero attached hydrogens (tertiary/aromatic N) is 3. The lowest BCUT2D eigenvalue weighted by Crippen LogP contribution is -2.47. The number of nitriles is 1. The number of hydrogen-bond donors (Lipinski definition) is 0. The standard InChI is InChI=1S/C27H31N3O5/c1-27(2,3)16-25(32)29(13-12-18-8-11-22(34-4)23(14-18)35-5)21-15-24(31)30(26(21)33)20-9-6-19(17-28)7-10-20/h6-11,14,21H,12-13,15-16H2,1-5H3. The van der Waals surface area contributed by atoms with Gasteiger partial charge in [0.2, 0.25) is 11.8 Å². The van der Waals surface area contributed by atoms with Crippen LogP contribution in [0.2, 0.25) is 0 Å². The maximum Gasteiger partial charge on any atom is 0.257 e. The van der Waals surface area contributed by atoms with Gasteiger partial charge >= 0.3 is 0 Å². The average molecular weight is 478 g/mol. The molecule has 2 aromatic carbocycles. The molecule has 1 heterocycles. The van der Waals surface area contributed by atoms with Gasteiger partial charge in [-0.25, -0.2) is 4.90 Å². The molecule has 1 fully saturated rings. The van der Waals surface area contributed by atoms with E-state index in [0.717, 1.165) is 10.5 Å². The lowest BCUT2D eigenvalue weighted by molar-refractivity contribution is -0.139. The van der Waals surface area contributed by atoms with Gasteiger partial charge in [0, 0.05) is 13.0 Å². The predicted octanol–water partition coefficient (Wildman–Crippen LogP) is 3.71. The summed E-state index contributed by atoms with van der Waals surface area (Å²) in [5.74, 6) is 0.202. The summed E-state index contributed by atoms with van der Waals surface area (Å²) >= 11 is 0. The number of amides is 3. The Balaban J connectivity index is 1.86. The van der Waals surface area contributed by atoms with E-state index in [1.165, 1.54) is 4.90 Å². The second-order valence-electron chi connectivity index (χ2n) is 9.71. The third kappa shape index (κ3) is 5.99. The van der Waals surface area contributed by atoms with Gasteiger partial charge in [0.25, 0.3) is 5.91 Å². The van der Waals surface area contributed by atoms with Crippen LogP contribution in [-0.4, -0.2) is 49.4 Å². The van der Waals surface area contributed by atoms with Gasteiger partial charge in [-0.2, -0.15) is 5.26 Å². The number of benzene rings is 2. The number of ether oxygens (including phenoxy) is 2. The Kier molecular flexibility index (Phi) is 7.80. The smallest absolute Gasteiger partial charge is 0.257 e. The molecule has 0 aromatic heterocycles.